The molecule has 0 atom stereocenters. The first kappa shape index (κ1) is 15.2. The van der Waals surface area contributed by atoms with Crippen LogP contribution in [0.5, 0.6) is 0 Å². The van der Waals surface area contributed by atoms with Gasteiger partial charge in [0, 0.05) is 20.0 Å². The van der Waals surface area contributed by atoms with Crippen LogP contribution in [0.3, 0.4) is 0 Å². The Kier molecular flexibility index (Phi) is 4.00. The van der Waals surface area contributed by atoms with Crippen molar-refractivity contribution in [3.8, 4) is 0 Å². The lowest BCUT2D eigenvalue weighted by molar-refractivity contribution is -0.121. The van der Waals surface area contributed by atoms with Crippen molar-refractivity contribution in [1.82, 2.24) is 9.78 Å². The van der Waals surface area contributed by atoms with Gasteiger partial charge in [0.1, 0.15) is 23.1 Å². The van der Waals surface area contributed by atoms with Crippen molar-refractivity contribution in [2.24, 2.45) is 7.05 Å². The second-order valence-corrected chi connectivity index (χ2v) is 5.37. The highest BCUT2D eigenvalue weighted by Gasteiger charge is 2.38. The van der Waals surface area contributed by atoms with Crippen molar-refractivity contribution in [2.45, 2.75) is 38.4 Å². The minimum atomic E-state index is -4.33. The molecule has 1 aliphatic carbocycles. The summed E-state index contributed by atoms with van der Waals surface area (Å²) in [5.41, 5.74) is 0.00987. The van der Waals surface area contributed by atoms with E-state index in [1.165, 1.54) is 23.6 Å². The third kappa shape index (κ3) is 2.92. The molecule has 1 heterocycles. The van der Waals surface area contributed by atoms with E-state index in [4.69, 9.17) is 11.6 Å². The van der Waals surface area contributed by atoms with Crippen LogP contribution in [0.15, 0.2) is 0 Å². The molecule has 0 saturated heterocycles. The topological polar surface area (TPSA) is 38.1 Å². The Morgan fingerprint density at radius 3 is 2.45 bits per heavy atom. The Bertz CT molecular complexity index is 523. The largest absolute Gasteiger partial charge is 0.405 e. The van der Waals surface area contributed by atoms with Crippen LogP contribution in [0.4, 0.5) is 19.0 Å². The summed E-state index contributed by atoms with van der Waals surface area (Å²) in [6.45, 7) is 0.198. The molecule has 1 aromatic rings. The molecule has 1 saturated carbocycles. The number of carbonyl (C=O) groups excluding carboxylic acids is 1. The zero-order chi connectivity index (χ0) is 15.1. The SMILES string of the molecule is CC(=O)c1nn(C)c(N(CC(F)(F)F)C2CCC2)c1Cl. The van der Waals surface area contributed by atoms with Crippen LogP contribution in [0, 0.1) is 0 Å². The number of Topliss-reactive ketones (excluding diaryl/α,β-unsaturated/α-hetero) is 1. The Morgan fingerprint density at radius 2 is 2.10 bits per heavy atom. The van der Waals surface area contributed by atoms with Crippen LogP contribution in [-0.4, -0.2) is 34.3 Å². The molecule has 0 N–H and O–H groups in total. The summed E-state index contributed by atoms with van der Waals surface area (Å²) < 4.78 is 39.5. The number of aromatic nitrogens is 2. The molecule has 1 aliphatic rings. The van der Waals surface area contributed by atoms with Crippen LogP contribution >= 0.6 is 11.6 Å². The molecule has 0 unspecified atom stereocenters. The Balaban J connectivity index is 2.40. The molecule has 0 aliphatic heterocycles. The highest BCUT2D eigenvalue weighted by molar-refractivity contribution is 6.36. The maximum Gasteiger partial charge on any atom is 0.405 e. The second-order valence-electron chi connectivity index (χ2n) is 4.99. The molecule has 0 bridgehead atoms. The van der Waals surface area contributed by atoms with E-state index in [1.807, 2.05) is 0 Å². The zero-order valence-electron chi connectivity index (χ0n) is 11.2. The lowest BCUT2D eigenvalue weighted by Gasteiger charge is -2.39. The summed E-state index contributed by atoms with van der Waals surface area (Å²) in [6.07, 6.45) is -2.06. The van der Waals surface area contributed by atoms with E-state index in [1.54, 1.807) is 0 Å². The normalized spacial score (nSPS) is 16.1. The van der Waals surface area contributed by atoms with E-state index in [-0.39, 0.29) is 28.4 Å². The average Bonchev–Trinajstić information content (AvgIpc) is 2.48. The number of rotatable bonds is 4. The first-order chi connectivity index (χ1) is 9.20. The molecule has 0 aromatic carbocycles. The van der Waals surface area contributed by atoms with Crippen molar-refractivity contribution in [1.29, 1.82) is 0 Å². The summed E-state index contributed by atoms with van der Waals surface area (Å²) in [7, 11) is 1.50. The fraction of sp³-hybridized carbons (Fsp3) is 0.667. The summed E-state index contributed by atoms with van der Waals surface area (Å²) in [5.74, 6) is -0.198. The molecule has 4 nitrogen and oxygen atoms in total. The van der Waals surface area contributed by atoms with Crippen molar-refractivity contribution >= 4 is 23.2 Å². The van der Waals surface area contributed by atoms with E-state index in [2.05, 4.69) is 5.10 Å². The lowest BCUT2D eigenvalue weighted by Crippen LogP contribution is -2.46. The van der Waals surface area contributed by atoms with E-state index < -0.39 is 12.7 Å². The number of hydrogen-bond donors (Lipinski definition) is 0. The molecule has 0 radical (unpaired) electrons. The molecule has 1 fully saturated rings. The summed E-state index contributed by atoms with van der Waals surface area (Å²) in [4.78, 5) is 12.6. The van der Waals surface area contributed by atoms with Crippen molar-refractivity contribution in [3.05, 3.63) is 10.7 Å². The number of hydrogen-bond acceptors (Lipinski definition) is 3. The van der Waals surface area contributed by atoms with E-state index >= 15 is 0 Å². The Hall–Kier alpha value is -1.24. The smallest absolute Gasteiger partial charge is 0.343 e. The maximum absolute atomic E-state index is 12.8. The average molecular weight is 310 g/mol. The Morgan fingerprint density at radius 1 is 1.50 bits per heavy atom. The van der Waals surface area contributed by atoms with Crippen LogP contribution in [0.25, 0.3) is 0 Å². The molecular formula is C12H15ClF3N3O. The van der Waals surface area contributed by atoms with Gasteiger partial charge in [0.2, 0.25) is 0 Å². The van der Waals surface area contributed by atoms with Crippen LogP contribution < -0.4 is 4.90 Å². The molecule has 0 amide bonds. The van der Waals surface area contributed by atoms with Gasteiger partial charge in [0.25, 0.3) is 0 Å². The minimum Gasteiger partial charge on any atom is -0.343 e. The lowest BCUT2D eigenvalue weighted by atomic mass is 9.91. The first-order valence-corrected chi connectivity index (χ1v) is 6.65. The molecule has 112 valence electrons. The number of anilines is 1. The van der Waals surface area contributed by atoms with Gasteiger partial charge in [-0.1, -0.05) is 11.6 Å². The van der Waals surface area contributed by atoms with Crippen LogP contribution in [0.2, 0.25) is 5.02 Å². The van der Waals surface area contributed by atoms with Gasteiger partial charge in [-0.2, -0.15) is 18.3 Å². The molecule has 20 heavy (non-hydrogen) atoms. The fourth-order valence-electron chi connectivity index (χ4n) is 2.29. The predicted octanol–water partition coefficient (Wildman–Crippen LogP) is 3.20. The fourth-order valence-corrected chi connectivity index (χ4v) is 2.70. The van der Waals surface area contributed by atoms with Gasteiger partial charge in [-0.3, -0.25) is 9.48 Å². The quantitative estimate of drug-likeness (QED) is 0.802. The molecule has 1 aromatic heterocycles. The van der Waals surface area contributed by atoms with Gasteiger partial charge in [-0.15, -0.1) is 0 Å². The number of alkyl halides is 3. The van der Waals surface area contributed by atoms with Gasteiger partial charge in [-0.05, 0) is 19.3 Å². The second kappa shape index (κ2) is 5.27. The Labute approximate surface area is 119 Å². The zero-order valence-corrected chi connectivity index (χ0v) is 11.9. The van der Waals surface area contributed by atoms with Gasteiger partial charge < -0.3 is 4.90 Å². The summed E-state index contributed by atoms with van der Waals surface area (Å²) in [5, 5.41) is 3.92. The standard InChI is InChI=1S/C12H15ClF3N3O/c1-7(20)10-9(13)11(18(2)17-10)19(6-12(14,15)16)8-4-3-5-8/h8H,3-6H2,1-2H3. The van der Waals surface area contributed by atoms with Gasteiger partial charge in [-0.25, -0.2) is 0 Å². The number of carbonyl (C=O) groups is 1. The van der Waals surface area contributed by atoms with Crippen molar-refractivity contribution in [2.75, 3.05) is 11.4 Å². The van der Waals surface area contributed by atoms with Gasteiger partial charge >= 0.3 is 6.18 Å². The number of nitrogens with zero attached hydrogens (tertiary/aromatic N) is 3. The van der Waals surface area contributed by atoms with Crippen LogP contribution in [0.1, 0.15) is 36.7 Å². The first-order valence-electron chi connectivity index (χ1n) is 6.27. The highest BCUT2D eigenvalue weighted by Crippen LogP contribution is 2.37. The number of halogens is 4. The van der Waals surface area contributed by atoms with Crippen molar-refractivity contribution < 1.29 is 18.0 Å². The number of ketones is 1. The highest BCUT2D eigenvalue weighted by atomic mass is 35.5. The predicted molar refractivity (Wildman–Crippen MR) is 69.3 cm³/mol. The van der Waals surface area contributed by atoms with Crippen LogP contribution in [-0.2, 0) is 7.05 Å². The van der Waals surface area contributed by atoms with Gasteiger partial charge in [0.05, 0.1) is 0 Å². The summed E-state index contributed by atoms with van der Waals surface area (Å²) in [6, 6.07) is -0.204. The third-order valence-corrected chi connectivity index (χ3v) is 3.78. The monoisotopic (exact) mass is 309 g/mol. The molecule has 0 spiro atoms. The maximum atomic E-state index is 12.8. The van der Waals surface area contributed by atoms with Crippen molar-refractivity contribution in [3.63, 3.8) is 0 Å². The van der Waals surface area contributed by atoms with Gasteiger partial charge in [0.15, 0.2) is 5.78 Å². The van der Waals surface area contributed by atoms with E-state index in [0.717, 1.165) is 6.42 Å². The van der Waals surface area contributed by atoms with E-state index in [0.29, 0.717) is 12.8 Å². The molecule has 8 heteroatoms. The van der Waals surface area contributed by atoms with E-state index in [9.17, 15) is 18.0 Å². The minimum absolute atomic E-state index is 0.00356. The summed E-state index contributed by atoms with van der Waals surface area (Å²) >= 11 is 6.06. The molecular weight excluding hydrogens is 295 g/mol. The molecule has 2 rings (SSSR count). The third-order valence-electron chi connectivity index (χ3n) is 3.43. The number of aryl methyl sites for hydroxylation is 1.